The number of H-pyrrole nitrogens is 1. The van der Waals surface area contributed by atoms with Crippen molar-refractivity contribution in [1.29, 1.82) is 5.26 Å². The monoisotopic (exact) mass is 563 g/mol. The predicted molar refractivity (Wildman–Crippen MR) is 143 cm³/mol. The van der Waals surface area contributed by atoms with Crippen molar-refractivity contribution in [2.24, 2.45) is 0 Å². The third-order valence-electron chi connectivity index (χ3n) is 6.13. The summed E-state index contributed by atoms with van der Waals surface area (Å²) >= 11 is 12.8. The molecule has 1 aromatic heterocycles. The summed E-state index contributed by atoms with van der Waals surface area (Å²) in [5.74, 6) is 1.20. The van der Waals surface area contributed by atoms with Crippen LogP contribution in [0.25, 0.3) is 5.69 Å². The lowest BCUT2D eigenvalue weighted by atomic mass is 9.98. The number of amides is 1. The molecule has 10 nitrogen and oxygen atoms in total. The van der Waals surface area contributed by atoms with E-state index in [4.69, 9.17) is 37.9 Å². The Kier molecular flexibility index (Phi) is 7.11. The van der Waals surface area contributed by atoms with Gasteiger partial charge in [0.25, 0.3) is 11.5 Å². The fourth-order valence-corrected chi connectivity index (χ4v) is 4.80. The summed E-state index contributed by atoms with van der Waals surface area (Å²) in [6.45, 7) is 1.00. The molecular weight excluding hydrogens is 545 g/mol. The van der Waals surface area contributed by atoms with E-state index in [0.29, 0.717) is 30.8 Å². The minimum absolute atomic E-state index is 0.0640. The molecule has 1 aliphatic rings. The van der Waals surface area contributed by atoms with Gasteiger partial charge >= 0.3 is 5.69 Å². The van der Waals surface area contributed by atoms with Gasteiger partial charge in [0, 0.05) is 18.7 Å². The third kappa shape index (κ3) is 5.23. The molecule has 0 saturated heterocycles. The van der Waals surface area contributed by atoms with Crippen LogP contribution in [0.15, 0.2) is 64.2 Å². The van der Waals surface area contributed by atoms with Crippen molar-refractivity contribution in [3.05, 3.63) is 108 Å². The second kappa shape index (κ2) is 10.6. The maximum Gasteiger partial charge on any atom is 0.349 e. The van der Waals surface area contributed by atoms with Crippen LogP contribution in [0.5, 0.6) is 17.2 Å². The number of carbonyl (C=O) groups excluding carboxylic acids is 1. The quantitative estimate of drug-likeness (QED) is 0.373. The number of rotatable bonds is 6. The van der Waals surface area contributed by atoms with Crippen molar-refractivity contribution in [2.45, 2.75) is 13.0 Å². The van der Waals surface area contributed by atoms with Crippen LogP contribution in [-0.4, -0.2) is 39.2 Å². The van der Waals surface area contributed by atoms with Crippen LogP contribution in [0.3, 0.4) is 0 Å². The summed E-state index contributed by atoms with van der Waals surface area (Å²) < 4.78 is 12.0. The van der Waals surface area contributed by atoms with Crippen molar-refractivity contribution in [3.63, 3.8) is 0 Å². The number of hydrogen-bond donors (Lipinski definition) is 1. The molecule has 1 aliphatic heterocycles. The molecule has 2 heterocycles. The van der Waals surface area contributed by atoms with Gasteiger partial charge in [0.2, 0.25) is 5.69 Å². The molecule has 0 fully saturated rings. The first-order valence-electron chi connectivity index (χ1n) is 11.6. The number of carbonyl (C=O) groups is 1. The average molecular weight is 564 g/mol. The minimum Gasteiger partial charge on any atom is -0.497 e. The van der Waals surface area contributed by atoms with E-state index < -0.39 is 16.9 Å². The number of aromatic amines is 1. The van der Waals surface area contributed by atoms with E-state index in [9.17, 15) is 14.4 Å². The number of fused-ring (bicyclic) bond motifs is 1. The predicted octanol–water partition coefficient (Wildman–Crippen LogP) is 4.10. The molecular formula is C27H19Cl2N5O5. The van der Waals surface area contributed by atoms with Crippen molar-refractivity contribution in [3.8, 4) is 29.0 Å². The SMILES string of the molecule is COc1cccc(CN2CCc3cc(Oc4c(Cl)cc(-n5nc(C#N)c(=O)[nH]c5=O)cc4Cl)ccc3C2=O)c1. The number of nitrogens with one attached hydrogen (secondary N) is 1. The van der Waals surface area contributed by atoms with E-state index in [2.05, 4.69) is 5.10 Å². The molecule has 3 aromatic carbocycles. The van der Waals surface area contributed by atoms with Crippen molar-refractivity contribution in [2.75, 3.05) is 13.7 Å². The largest absolute Gasteiger partial charge is 0.497 e. The highest BCUT2D eigenvalue weighted by molar-refractivity contribution is 6.37. The van der Waals surface area contributed by atoms with Gasteiger partial charge in [-0.2, -0.15) is 9.94 Å². The standard InChI is InChI=1S/C27H19Cl2N5O5/c1-38-18-4-2-3-15(9-18)14-33-8-7-16-10-19(5-6-20(16)26(33)36)39-24-21(28)11-17(12-22(24)29)34-27(37)31-25(35)23(13-30)32-34/h2-6,9-12H,7-8,14H2,1H3,(H,31,35,37). The first kappa shape index (κ1) is 26.0. The van der Waals surface area contributed by atoms with Crippen LogP contribution in [0.1, 0.15) is 27.2 Å². The van der Waals surface area contributed by atoms with Gasteiger partial charge < -0.3 is 14.4 Å². The maximum atomic E-state index is 13.2. The van der Waals surface area contributed by atoms with Gasteiger partial charge in [-0.3, -0.25) is 14.6 Å². The van der Waals surface area contributed by atoms with Gasteiger partial charge in [0.1, 0.15) is 17.6 Å². The Labute approximate surface area is 231 Å². The van der Waals surface area contributed by atoms with E-state index in [-0.39, 0.29) is 27.4 Å². The van der Waals surface area contributed by atoms with Crippen LogP contribution in [0.4, 0.5) is 0 Å². The molecule has 5 rings (SSSR count). The van der Waals surface area contributed by atoms with Crippen LogP contribution in [0, 0.1) is 11.3 Å². The lowest BCUT2D eigenvalue weighted by Gasteiger charge is -2.29. The number of aromatic nitrogens is 3. The highest BCUT2D eigenvalue weighted by atomic mass is 35.5. The number of methoxy groups -OCH3 is 1. The first-order valence-corrected chi connectivity index (χ1v) is 12.4. The third-order valence-corrected chi connectivity index (χ3v) is 6.70. The van der Waals surface area contributed by atoms with Crippen LogP contribution < -0.4 is 20.7 Å². The van der Waals surface area contributed by atoms with Gasteiger partial charge in [0.15, 0.2) is 5.75 Å². The number of hydrogen-bond acceptors (Lipinski definition) is 7. The van der Waals surface area contributed by atoms with Crippen LogP contribution in [0.2, 0.25) is 10.0 Å². The molecule has 0 aliphatic carbocycles. The van der Waals surface area contributed by atoms with E-state index in [1.165, 1.54) is 12.1 Å². The van der Waals surface area contributed by atoms with Crippen LogP contribution in [-0.2, 0) is 13.0 Å². The zero-order valence-electron chi connectivity index (χ0n) is 20.4. The smallest absolute Gasteiger partial charge is 0.349 e. The molecule has 12 heteroatoms. The number of ether oxygens (including phenoxy) is 2. The lowest BCUT2D eigenvalue weighted by Crippen LogP contribution is -2.37. The Balaban J connectivity index is 1.37. The second-order valence-corrected chi connectivity index (χ2v) is 9.43. The molecule has 1 N–H and O–H groups in total. The highest BCUT2D eigenvalue weighted by Crippen LogP contribution is 2.39. The Morgan fingerprint density at radius 3 is 2.54 bits per heavy atom. The Morgan fingerprint density at radius 1 is 1.05 bits per heavy atom. The highest BCUT2D eigenvalue weighted by Gasteiger charge is 2.25. The molecule has 0 atom stereocenters. The van der Waals surface area contributed by atoms with Crippen molar-refractivity contribution < 1.29 is 14.3 Å². The Morgan fingerprint density at radius 2 is 1.82 bits per heavy atom. The minimum atomic E-state index is -0.898. The molecule has 39 heavy (non-hydrogen) atoms. The van der Waals surface area contributed by atoms with E-state index in [0.717, 1.165) is 21.6 Å². The molecule has 0 saturated carbocycles. The Bertz CT molecular complexity index is 1750. The average Bonchev–Trinajstić information content (AvgIpc) is 2.92. The topological polar surface area (TPSA) is 130 Å². The molecule has 1 amide bonds. The summed E-state index contributed by atoms with van der Waals surface area (Å²) in [7, 11) is 1.60. The fraction of sp³-hybridized carbons (Fsp3) is 0.148. The van der Waals surface area contributed by atoms with E-state index >= 15 is 0 Å². The molecule has 0 spiro atoms. The first-order chi connectivity index (χ1) is 18.8. The molecule has 196 valence electrons. The number of halogens is 2. The van der Waals surface area contributed by atoms with Gasteiger partial charge in [-0.15, -0.1) is 5.10 Å². The second-order valence-electron chi connectivity index (χ2n) is 8.62. The van der Waals surface area contributed by atoms with Gasteiger partial charge in [-0.1, -0.05) is 35.3 Å². The number of nitrogens with zero attached hydrogens (tertiary/aromatic N) is 4. The van der Waals surface area contributed by atoms with Crippen molar-refractivity contribution in [1.82, 2.24) is 19.7 Å². The van der Waals surface area contributed by atoms with E-state index in [1.807, 2.05) is 29.2 Å². The van der Waals surface area contributed by atoms with Gasteiger partial charge in [-0.25, -0.2) is 4.79 Å². The molecule has 0 bridgehead atoms. The zero-order valence-corrected chi connectivity index (χ0v) is 21.9. The fourth-order valence-electron chi connectivity index (χ4n) is 4.25. The summed E-state index contributed by atoms with van der Waals surface area (Å²) in [5, 5.41) is 12.9. The summed E-state index contributed by atoms with van der Waals surface area (Å²) in [6.07, 6.45) is 0.630. The lowest BCUT2D eigenvalue weighted by molar-refractivity contribution is 0.0727. The number of nitriles is 1. The van der Waals surface area contributed by atoms with Crippen LogP contribution >= 0.6 is 23.2 Å². The maximum absolute atomic E-state index is 13.2. The van der Waals surface area contributed by atoms with E-state index in [1.54, 1.807) is 36.3 Å². The zero-order chi connectivity index (χ0) is 27.7. The number of benzene rings is 3. The molecule has 0 radical (unpaired) electrons. The summed E-state index contributed by atoms with van der Waals surface area (Å²) in [4.78, 5) is 40.8. The van der Waals surface area contributed by atoms with Gasteiger partial charge in [0.05, 0.1) is 22.8 Å². The van der Waals surface area contributed by atoms with Gasteiger partial charge in [-0.05, 0) is 60.0 Å². The molecule has 4 aromatic rings. The normalized spacial score (nSPS) is 12.6. The summed E-state index contributed by atoms with van der Waals surface area (Å²) in [6, 6.07) is 17.1. The summed E-state index contributed by atoms with van der Waals surface area (Å²) in [5.41, 5.74) is 0.263. The van der Waals surface area contributed by atoms with Crippen molar-refractivity contribution >= 4 is 29.1 Å². The molecule has 0 unspecified atom stereocenters. The Hall–Kier alpha value is -4.59.